The molecule has 1 saturated heterocycles. The van der Waals surface area contributed by atoms with Crippen molar-refractivity contribution in [2.75, 3.05) is 20.3 Å². The average molecular weight is 254 g/mol. The van der Waals surface area contributed by atoms with Gasteiger partial charge in [-0.1, -0.05) is 0 Å². The zero-order valence-electron chi connectivity index (χ0n) is 10.4. The lowest BCUT2D eigenvalue weighted by Crippen LogP contribution is -2.20. The Bertz CT molecular complexity index is 405. The van der Waals surface area contributed by atoms with Crippen LogP contribution in [0.1, 0.15) is 24.6 Å². The molecule has 1 fully saturated rings. The number of carboxylic acids is 1. The number of hydrogen-bond acceptors (Lipinski definition) is 4. The summed E-state index contributed by atoms with van der Waals surface area (Å²) in [4.78, 5) is 11.1. The first-order valence-electron chi connectivity index (χ1n) is 6.09. The first-order chi connectivity index (χ1) is 8.74. The van der Waals surface area contributed by atoms with E-state index in [1.54, 1.807) is 13.3 Å². The molecule has 18 heavy (non-hydrogen) atoms. The molecule has 100 valence electrons. The van der Waals surface area contributed by atoms with Gasteiger partial charge in [0, 0.05) is 33.1 Å². The van der Waals surface area contributed by atoms with Gasteiger partial charge in [-0.15, -0.1) is 0 Å². The third-order valence-electron chi connectivity index (χ3n) is 3.17. The molecule has 1 aliphatic rings. The van der Waals surface area contributed by atoms with Crippen molar-refractivity contribution in [3.8, 4) is 0 Å². The fourth-order valence-electron chi connectivity index (χ4n) is 2.26. The smallest absolute Gasteiger partial charge is 0.309 e. The molecule has 0 aromatic carbocycles. The van der Waals surface area contributed by atoms with Crippen LogP contribution in [0.25, 0.3) is 0 Å². The van der Waals surface area contributed by atoms with E-state index >= 15 is 0 Å². The van der Waals surface area contributed by atoms with Gasteiger partial charge >= 0.3 is 5.97 Å². The summed E-state index contributed by atoms with van der Waals surface area (Å²) >= 11 is 0. The molecule has 6 nitrogen and oxygen atoms in total. The van der Waals surface area contributed by atoms with Crippen LogP contribution in [0.4, 0.5) is 0 Å². The quantitative estimate of drug-likeness (QED) is 0.769. The number of methoxy groups -OCH3 is 1. The Morgan fingerprint density at radius 1 is 1.72 bits per heavy atom. The fraction of sp³-hybridized carbons (Fsp3) is 0.667. The average Bonchev–Trinajstić information content (AvgIpc) is 2.96. The van der Waals surface area contributed by atoms with Crippen LogP contribution in [-0.4, -0.2) is 41.2 Å². The first kappa shape index (κ1) is 13.0. The Kier molecular flexibility index (Phi) is 4.33. The number of aliphatic carboxylic acids is 1. The predicted octanol–water partition coefficient (Wildman–Crippen LogP) is 1.08. The molecule has 0 radical (unpaired) electrons. The van der Waals surface area contributed by atoms with Gasteiger partial charge < -0.3 is 14.6 Å². The molecule has 0 unspecified atom stereocenters. The third kappa shape index (κ3) is 2.70. The molecule has 6 heteroatoms. The normalized spacial score (nSPS) is 23.4. The summed E-state index contributed by atoms with van der Waals surface area (Å²) in [5.41, 5.74) is 0.844. The van der Waals surface area contributed by atoms with Gasteiger partial charge in [-0.2, -0.15) is 5.10 Å². The number of aromatic nitrogens is 2. The van der Waals surface area contributed by atoms with Crippen molar-refractivity contribution in [1.82, 2.24) is 9.78 Å². The van der Waals surface area contributed by atoms with Crippen LogP contribution in [0.5, 0.6) is 0 Å². The molecule has 0 spiro atoms. The van der Waals surface area contributed by atoms with E-state index in [1.807, 2.05) is 10.7 Å². The van der Waals surface area contributed by atoms with Crippen molar-refractivity contribution in [2.24, 2.45) is 5.92 Å². The highest BCUT2D eigenvalue weighted by molar-refractivity contribution is 5.71. The van der Waals surface area contributed by atoms with E-state index in [9.17, 15) is 4.79 Å². The first-order valence-corrected chi connectivity index (χ1v) is 6.09. The second kappa shape index (κ2) is 5.97. The molecule has 1 aromatic rings. The second-order valence-electron chi connectivity index (χ2n) is 4.35. The number of carbonyl (C=O) groups is 1. The molecule has 2 rings (SSSR count). The minimum absolute atomic E-state index is 0.382. The van der Waals surface area contributed by atoms with Crippen LogP contribution >= 0.6 is 0 Å². The van der Waals surface area contributed by atoms with Crippen molar-refractivity contribution in [3.05, 3.63) is 18.0 Å². The standard InChI is InChI=1S/C12H18N2O4/c1-17-7-2-6-14-10(3-5-13-14)11-9(12(15)16)4-8-18-11/h3,5,9,11H,2,4,6-8H2,1H3,(H,15,16)/t9-,11-/m0/s1. The van der Waals surface area contributed by atoms with Crippen molar-refractivity contribution in [2.45, 2.75) is 25.5 Å². The molecule has 0 aliphatic carbocycles. The summed E-state index contributed by atoms with van der Waals surface area (Å²) in [6, 6.07) is 1.83. The largest absolute Gasteiger partial charge is 0.481 e. The van der Waals surface area contributed by atoms with Crippen LogP contribution in [0.2, 0.25) is 0 Å². The Balaban J connectivity index is 2.08. The molecule has 0 saturated carbocycles. The molecule has 1 aliphatic heterocycles. The number of nitrogens with zero attached hydrogens (tertiary/aromatic N) is 2. The summed E-state index contributed by atoms with van der Waals surface area (Å²) in [7, 11) is 1.66. The van der Waals surface area contributed by atoms with Gasteiger partial charge in [0.1, 0.15) is 6.10 Å². The van der Waals surface area contributed by atoms with E-state index in [0.717, 1.165) is 12.1 Å². The Hall–Kier alpha value is -1.40. The van der Waals surface area contributed by atoms with Crippen LogP contribution in [-0.2, 0) is 20.8 Å². The topological polar surface area (TPSA) is 73.6 Å². The highest BCUT2D eigenvalue weighted by Gasteiger charge is 2.36. The number of aryl methyl sites for hydroxylation is 1. The summed E-state index contributed by atoms with van der Waals surface area (Å²) < 4.78 is 12.4. The molecule has 2 heterocycles. The fourth-order valence-corrected chi connectivity index (χ4v) is 2.26. The van der Waals surface area contributed by atoms with Gasteiger partial charge in [0.15, 0.2) is 0 Å². The number of rotatable bonds is 6. The zero-order chi connectivity index (χ0) is 13.0. The van der Waals surface area contributed by atoms with Crippen LogP contribution < -0.4 is 0 Å². The van der Waals surface area contributed by atoms with E-state index in [4.69, 9.17) is 14.6 Å². The Labute approximate surface area is 106 Å². The van der Waals surface area contributed by atoms with Crippen molar-refractivity contribution in [3.63, 3.8) is 0 Å². The monoisotopic (exact) mass is 254 g/mol. The van der Waals surface area contributed by atoms with Gasteiger partial charge in [-0.3, -0.25) is 9.48 Å². The SMILES string of the molecule is COCCCn1nccc1[C@H]1OCC[C@@H]1C(=O)O. The van der Waals surface area contributed by atoms with Gasteiger partial charge in [-0.05, 0) is 18.9 Å². The Morgan fingerprint density at radius 2 is 2.56 bits per heavy atom. The van der Waals surface area contributed by atoms with Gasteiger partial charge in [-0.25, -0.2) is 0 Å². The van der Waals surface area contributed by atoms with E-state index in [2.05, 4.69) is 5.10 Å². The van der Waals surface area contributed by atoms with E-state index < -0.39 is 11.9 Å². The van der Waals surface area contributed by atoms with Gasteiger partial charge in [0.2, 0.25) is 0 Å². The summed E-state index contributed by atoms with van der Waals surface area (Å²) in [6.07, 6.45) is 2.70. The number of ether oxygens (including phenoxy) is 2. The molecule has 2 atom stereocenters. The maximum Gasteiger partial charge on any atom is 0.309 e. The molecule has 1 aromatic heterocycles. The maximum atomic E-state index is 11.1. The highest BCUT2D eigenvalue weighted by Crippen LogP contribution is 2.34. The van der Waals surface area contributed by atoms with Crippen molar-refractivity contribution in [1.29, 1.82) is 0 Å². The van der Waals surface area contributed by atoms with E-state index in [-0.39, 0.29) is 6.10 Å². The van der Waals surface area contributed by atoms with E-state index in [1.165, 1.54) is 0 Å². The molecular weight excluding hydrogens is 236 g/mol. The molecular formula is C12H18N2O4. The highest BCUT2D eigenvalue weighted by atomic mass is 16.5. The van der Waals surface area contributed by atoms with Crippen LogP contribution in [0, 0.1) is 5.92 Å². The second-order valence-corrected chi connectivity index (χ2v) is 4.35. The van der Waals surface area contributed by atoms with Crippen LogP contribution in [0.15, 0.2) is 12.3 Å². The van der Waals surface area contributed by atoms with Gasteiger partial charge in [0.25, 0.3) is 0 Å². The zero-order valence-corrected chi connectivity index (χ0v) is 10.4. The minimum Gasteiger partial charge on any atom is -0.481 e. The van der Waals surface area contributed by atoms with Gasteiger partial charge in [0.05, 0.1) is 11.6 Å². The molecule has 0 amide bonds. The lowest BCUT2D eigenvalue weighted by molar-refractivity contribution is -0.143. The lowest BCUT2D eigenvalue weighted by Gasteiger charge is -2.16. The van der Waals surface area contributed by atoms with Crippen molar-refractivity contribution < 1.29 is 19.4 Å². The minimum atomic E-state index is -0.804. The summed E-state index contributed by atoms with van der Waals surface area (Å²) in [5, 5.41) is 13.4. The molecule has 0 bridgehead atoms. The third-order valence-corrected chi connectivity index (χ3v) is 3.17. The van der Waals surface area contributed by atoms with Crippen LogP contribution in [0.3, 0.4) is 0 Å². The van der Waals surface area contributed by atoms with E-state index in [0.29, 0.717) is 26.2 Å². The Morgan fingerprint density at radius 3 is 3.28 bits per heavy atom. The predicted molar refractivity (Wildman–Crippen MR) is 63.2 cm³/mol. The molecule has 1 N–H and O–H groups in total. The maximum absolute atomic E-state index is 11.1. The summed E-state index contributed by atoms with van der Waals surface area (Å²) in [6.45, 7) is 1.86. The van der Waals surface area contributed by atoms with Crippen molar-refractivity contribution >= 4 is 5.97 Å². The number of hydrogen-bond donors (Lipinski definition) is 1. The number of carboxylic acid groups (broad SMARTS) is 1. The lowest BCUT2D eigenvalue weighted by atomic mass is 9.99. The summed E-state index contributed by atoms with van der Waals surface area (Å²) in [5.74, 6) is -1.27.